The van der Waals surface area contributed by atoms with Gasteiger partial charge in [-0.2, -0.15) is 13.2 Å². The maximum Gasteiger partial charge on any atom is 0.433 e. The second-order valence-electron chi connectivity index (χ2n) is 8.29. The number of hydrogen-bond acceptors (Lipinski definition) is 6. The Labute approximate surface area is 181 Å². The molecule has 2 aliphatic heterocycles. The molecule has 6 nitrogen and oxygen atoms in total. The Morgan fingerprint density at radius 1 is 1.06 bits per heavy atom. The molecular weight excluding hydrogens is 407 g/mol. The number of alkyl halides is 3. The molecule has 0 amide bonds. The van der Waals surface area contributed by atoms with E-state index < -0.39 is 11.9 Å². The zero-order valence-electron chi connectivity index (χ0n) is 17.7. The molecule has 1 aromatic rings. The Balaban J connectivity index is 1.14. The molecule has 4 rings (SSSR count). The molecule has 3 aliphatic rings. The van der Waals surface area contributed by atoms with Gasteiger partial charge in [-0.3, -0.25) is 19.8 Å². The second-order valence-corrected chi connectivity index (χ2v) is 8.29. The lowest BCUT2D eigenvalue weighted by molar-refractivity contribution is -0.141. The number of unbranched alkanes of at least 4 members (excludes halogenated alkanes) is 1. The number of piperazine rings is 1. The predicted molar refractivity (Wildman–Crippen MR) is 114 cm³/mol. The highest BCUT2D eigenvalue weighted by atomic mass is 19.4. The van der Waals surface area contributed by atoms with Gasteiger partial charge in [0.2, 0.25) is 0 Å². The van der Waals surface area contributed by atoms with Gasteiger partial charge in [0.1, 0.15) is 11.5 Å². The van der Waals surface area contributed by atoms with Crippen molar-refractivity contribution in [3.05, 3.63) is 36.3 Å². The second kappa shape index (κ2) is 9.99. The molecule has 1 saturated heterocycles. The normalized spacial score (nSPS) is 22.4. The van der Waals surface area contributed by atoms with Crippen LogP contribution >= 0.6 is 0 Å². The minimum atomic E-state index is -4.41. The van der Waals surface area contributed by atoms with Crippen LogP contribution in [-0.4, -0.2) is 66.0 Å². The molecule has 1 aliphatic carbocycles. The lowest BCUT2D eigenvalue weighted by Gasteiger charge is -2.36. The monoisotopic (exact) mass is 437 g/mol. The molecule has 170 valence electrons. The van der Waals surface area contributed by atoms with Gasteiger partial charge in [-0.15, -0.1) is 0 Å². The topological polar surface area (TPSA) is 44.2 Å². The average molecular weight is 438 g/mol. The molecule has 0 radical (unpaired) electrons. The van der Waals surface area contributed by atoms with E-state index in [-0.39, 0.29) is 0 Å². The molecule has 3 heterocycles. The van der Waals surface area contributed by atoms with Crippen molar-refractivity contribution < 1.29 is 18.0 Å². The van der Waals surface area contributed by atoms with Crippen molar-refractivity contribution >= 4 is 11.5 Å². The Morgan fingerprint density at radius 3 is 2.71 bits per heavy atom. The molecule has 31 heavy (non-hydrogen) atoms. The maximum absolute atomic E-state index is 12.9. The van der Waals surface area contributed by atoms with E-state index in [1.54, 1.807) is 6.07 Å². The van der Waals surface area contributed by atoms with Crippen molar-refractivity contribution in [2.75, 3.05) is 44.2 Å². The van der Waals surface area contributed by atoms with Crippen LogP contribution in [-0.2, 0) is 11.0 Å². The van der Waals surface area contributed by atoms with Crippen LogP contribution in [0.2, 0.25) is 0 Å². The summed E-state index contributed by atoms with van der Waals surface area (Å²) in [6, 6.07) is 4.40. The summed E-state index contributed by atoms with van der Waals surface area (Å²) in [5.74, 6) is 0.406. The Morgan fingerprint density at radius 2 is 1.90 bits per heavy atom. The number of rotatable bonds is 7. The fourth-order valence-electron chi connectivity index (χ4n) is 4.40. The zero-order valence-corrected chi connectivity index (χ0v) is 17.7. The smallest absolute Gasteiger partial charge is 0.354 e. The van der Waals surface area contributed by atoms with Gasteiger partial charge < -0.3 is 4.90 Å². The Hall–Kier alpha value is -2.13. The average Bonchev–Trinajstić information content (AvgIpc) is 2.79. The quantitative estimate of drug-likeness (QED) is 0.601. The first kappa shape index (κ1) is 22.1. The van der Waals surface area contributed by atoms with Crippen molar-refractivity contribution in [2.45, 2.75) is 50.7 Å². The zero-order chi connectivity index (χ0) is 21.7. The van der Waals surface area contributed by atoms with Crippen molar-refractivity contribution in [1.29, 1.82) is 0 Å². The number of hydrogen-bond donors (Lipinski definition) is 0. The van der Waals surface area contributed by atoms with E-state index in [1.807, 2.05) is 22.4 Å². The van der Waals surface area contributed by atoms with Crippen LogP contribution in [0.5, 0.6) is 0 Å². The van der Waals surface area contributed by atoms with Crippen molar-refractivity contribution in [1.82, 2.24) is 14.9 Å². The van der Waals surface area contributed by atoms with Gasteiger partial charge in [-0.1, -0.05) is 12.5 Å². The largest absolute Gasteiger partial charge is 0.433 e. The number of pyridine rings is 1. The Kier molecular flexibility index (Phi) is 7.12. The van der Waals surface area contributed by atoms with E-state index in [2.05, 4.69) is 14.9 Å². The first-order valence-electron chi connectivity index (χ1n) is 11.2. The van der Waals surface area contributed by atoms with Crippen LogP contribution < -0.4 is 4.90 Å². The minimum Gasteiger partial charge on any atom is -0.354 e. The van der Waals surface area contributed by atoms with Crippen LogP contribution in [0, 0.1) is 0 Å². The van der Waals surface area contributed by atoms with Crippen LogP contribution in [0.25, 0.3) is 0 Å². The Bertz CT molecular complexity index is 790. The van der Waals surface area contributed by atoms with E-state index in [0.717, 1.165) is 51.4 Å². The molecule has 1 unspecified atom stereocenters. The third-order valence-corrected chi connectivity index (χ3v) is 6.14. The maximum atomic E-state index is 12.9. The molecular formula is C22H30F3N5O. The van der Waals surface area contributed by atoms with Gasteiger partial charge in [0, 0.05) is 44.3 Å². The van der Waals surface area contributed by atoms with E-state index in [0.29, 0.717) is 31.6 Å². The SMILES string of the molecule is FC(F)(F)c1cccc(N2CCN(CCCCON3C=CN=C4CCCCC43)CC2)n1. The van der Waals surface area contributed by atoms with Crippen molar-refractivity contribution in [3.63, 3.8) is 0 Å². The minimum absolute atomic E-state index is 0.302. The summed E-state index contributed by atoms with van der Waals surface area (Å²) in [4.78, 5) is 18.6. The number of halogens is 3. The number of anilines is 1. The standard InChI is InChI=1S/C22H30F3N5O/c23-22(24,25)20-8-5-9-21(27-20)29-15-13-28(14-16-29)11-3-4-17-31-30-12-10-26-18-6-1-2-7-19(18)30/h5,8-10,12,19H,1-4,6-7,11,13-17H2. The van der Waals surface area contributed by atoms with Crippen LogP contribution in [0.4, 0.5) is 19.0 Å². The van der Waals surface area contributed by atoms with Crippen LogP contribution in [0.15, 0.2) is 35.6 Å². The molecule has 0 bridgehead atoms. The molecule has 2 fully saturated rings. The number of nitrogens with zero attached hydrogens (tertiary/aromatic N) is 5. The van der Waals surface area contributed by atoms with Gasteiger partial charge >= 0.3 is 6.18 Å². The molecule has 1 saturated carbocycles. The fourth-order valence-corrected chi connectivity index (χ4v) is 4.40. The van der Waals surface area contributed by atoms with Crippen LogP contribution in [0.3, 0.4) is 0 Å². The lowest BCUT2D eigenvalue weighted by atomic mass is 9.92. The summed E-state index contributed by atoms with van der Waals surface area (Å²) in [7, 11) is 0. The van der Waals surface area contributed by atoms with Crippen LogP contribution in [0.1, 0.15) is 44.2 Å². The number of aromatic nitrogens is 1. The third-order valence-electron chi connectivity index (χ3n) is 6.14. The summed E-state index contributed by atoms with van der Waals surface area (Å²) in [5.41, 5.74) is 0.407. The number of hydroxylamine groups is 2. The van der Waals surface area contributed by atoms with E-state index in [1.165, 1.54) is 24.6 Å². The molecule has 9 heteroatoms. The highest BCUT2D eigenvalue weighted by Crippen LogP contribution is 2.29. The number of aliphatic imine (C=N–C) groups is 1. The van der Waals surface area contributed by atoms with Gasteiger partial charge in [-0.25, -0.2) is 4.98 Å². The highest BCUT2D eigenvalue weighted by molar-refractivity contribution is 5.91. The van der Waals surface area contributed by atoms with E-state index in [4.69, 9.17) is 4.84 Å². The van der Waals surface area contributed by atoms with Gasteiger partial charge in [0.05, 0.1) is 12.6 Å². The van der Waals surface area contributed by atoms with Crippen molar-refractivity contribution in [2.24, 2.45) is 4.99 Å². The van der Waals surface area contributed by atoms with E-state index in [9.17, 15) is 13.2 Å². The molecule has 0 aromatic carbocycles. The summed E-state index contributed by atoms with van der Waals surface area (Å²) in [6.45, 7) is 4.69. The van der Waals surface area contributed by atoms with E-state index >= 15 is 0 Å². The first-order valence-corrected chi connectivity index (χ1v) is 11.2. The van der Waals surface area contributed by atoms with Gasteiger partial charge in [0.15, 0.2) is 0 Å². The molecule has 1 atom stereocenters. The molecule has 1 aromatic heterocycles. The molecule has 0 N–H and O–H groups in total. The fraction of sp³-hybridized carbons (Fsp3) is 0.636. The summed E-state index contributed by atoms with van der Waals surface area (Å²) in [5, 5.41) is 1.97. The highest BCUT2D eigenvalue weighted by Gasteiger charge is 2.33. The van der Waals surface area contributed by atoms with Crippen molar-refractivity contribution in [3.8, 4) is 0 Å². The van der Waals surface area contributed by atoms with Gasteiger partial charge in [0.25, 0.3) is 0 Å². The third kappa shape index (κ3) is 5.77. The summed E-state index contributed by atoms with van der Waals surface area (Å²) in [6.07, 6.45) is 5.97. The summed E-state index contributed by atoms with van der Waals surface area (Å²) < 4.78 is 38.7. The predicted octanol–water partition coefficient (Wildman–Crippen LogP) is 4.10. The molecule has 0 spiro atoms. The lowest BCUT2D eigenvalue weighted by Crippen LogP contribution is -2.47. The summed E-state index contributed by atoms with van der Waals surface area (Å²) >= 11 is 0. The number of fused-ring (bicyclic) bond motifs is 1. The van der Waals surface area contributed by atoms with Gasteiger partial charge in [-0.05, 0) is 50.8 Å². The first-order chi connectivity index (χ1) is 15.0.